The average molecular weight is 246 g/mol. The van der Waals surface area contributed by atoms with Crippen LogP contribution >= 0.6 is 0 Å². The molecule has 1 aliphatic rings. The maximum atomic E-state index is 12.1. The van der Waals surface area contributed by atoms with Crippen LogP contribution in [0.2, 0.25) is 0 Å². The minimum atomic E-state index is -0.141. The van der Waals surface area contributed by atoms with E-state index in [-0.39, 0.29) is 17.8 Å². The minimum absolute atomic E-state index is 0.141. The maximum Gasteiger partial charge on any atom is 0.309 e. The monoisotopic (exact) mass is 246 g/mol. The lowest BCUT2D eigenvalue weighted by Crippen LogP contribution is -2.29. The Morgan fingerprint density at radius 3 is 3.11 bits per heavy atom. The number of hydrogen-bond acceptors (Lipinski definition) is 4. The molecule has 2 aromatic rings. The van der Waals surface area contributed by atoms with Gasteiger partial charge in [0.15, 0.2) is 0 Å². The van der Waals surface area contributed by atoms with Crippen LogP contribution in [0, 0.1) is 6.92 Å². The third kappa shape index (κ3) is 1.90. The fraction of sp³-hybridized carbons (Fsp3) is 0.417. The summed E-state index contributed by atoms with van der Waals surface area (Å²) in [5, 5.41) is 4.21. The van der Waals surface area contributed by atoms with Gasteiger partial charge in [0.1, 0.15) is 5.76 Å². The van der Waals surface area contributed by atoms with Crippen LogP contribution in [0.5, 0.6) is 0 Å². The summed E-state index contributed by atoms with van der Waals surface area (Å²) in [6.45, 7) is 3.15. The number of carbonyl (C=O) groups is 1. The van der Waals surface area contributed by atoms with Crippen LogP contribution in [-0.2, 0) is 0 Å². The van der Waals surface area contributed by atoms with Gasteiger partial charge in [0.05, 0.1) is 12.2 Å². The smallest absolute Gasteiger partial charge is 0.309 e. The van der Waals surface area contributed by atoms with Crippen molar-refractivity contribution in [3.05, 3.63) is 36.3 Å². The predicted octanol–water partition coefficient (Wildman–Crippen LogP) is 1.27. The number of carbonyl (C=O) groups excluding carboxylic acids is 1. The summed E-state index contributed by atoms with van der Waals surface area (Å²) >= 11 is 0. The zero-order chi connectivity index (χ0) is 12.5. The van der Waals surface area contributed by atoms with Crippen molar-refractivity contribution in [2.24, 2.45) is 0 Å². The molecule has 0 N–H and O–H groups in total. The highest BCUT2D eigenvalue weighted by Crippen LogP contribution is 2.22. The van der Waals surface area contributed by atoms with E-state index in [0.717, 1.165) is 6.42 Å². The molecule has 1 amide bonds. The normalized spacial score (nSPS) is 19.4. The van der Waals surface area contributed by atoms with E-state index < -0.39 is 0 Å². The second-order valence-electron chi connectivity index (χ2n) is 4.46. The van der Waals surface area contributed by atoms with E-state index in [0.29, 0.717) is 18.8 Å². The lowest BCUT2D eigenvalue weighted by Gasteiger charge is -2.14. The van der Waals surface area contributed by atoms with Crippen molar-refractivity contribution < 1.29 is 9.21 Å². The van der Waals surface area contributed by atoms with Gasteiger partial charge in [-0.15, -0.1) is 0 Å². The Hall–Kier alpha value is -2.11. The zero-order valence-corrected chi connectivity index (χ0v) is 10.1. The van der Waals surface area contributed by atoms with Crippen LogP contribution in [0.25, 0.3) is 0 Å². The van der Waals surface area contributed by atoms with E-state index in [1.165, 1.54) is 0 Å². The molecule has 0 aliphatic carbocycles. The van der Waals surface area contributed by atoms with Gasteiger partial charge >= 0.3 is 5.91 Å². The van der Waals surface area contributed by atoms with Crippen molar-refractivity contribution >= 4 is 5.91 Å². The van der Waals surface area contributed by atoms with Crippen LogP contribution in [-0.4, -0.2) is 38.7 Å². The molecular formula is C12H14N4O2. The third-order valence-electron chi connectivity index (χ3n) is 3.15. The molecule has 0 spiro atoms. The number of hydrogen-bond donors (Lipinski definition) is 0. The van der Waals surface area contributed by atoms with Crippen LogP contribution in [0.3, 0.4) is 0 Å². The van der Waals surface area contributed by atoms with Gasteiger partial charge in [-0.3, -0.25) is 9.48 Å². The molecule has 18 heavy (non-hydrogen) atoms. The number of aromatic nitrogens is 3. The molecule has 6 nitrogen and oxygen atoms in total. The molecule has 3 heterocycles. The third-order valence-corrected chi connectivity index (χ3v) is 3.15. The van der Waals surface area contributed by atoms with Crippen LogP contribution in [0.1, 0.15) is 28.9 Å². The van der Waals surface area contributed by atoms with Gasteiger partial charge in [0.25, 0.3) is 5.89 Å². The summed E-state index contributed by atoms with van der Waals surface area (Å²) in [5.74, 6) is 0.688. The largest absolute Gasteiger partial charge is 0.438 e. The molecular weight excluding hydrogens is 232 g/mol. The van der Waals surface area contributed by atoms with E-state index in [4.69, 9.17) is 4.42 Å². The Kier molecular flexibility index (Phi) is 2.62. The highest BCUT2D eigenvalue weighted by Gasteiger charge is 2.30. The van der Waals surface area contributed by atoms with Gasteiger partial charge in [0.2, 0.25) is 0 Å². The van der Waals surface area contributed by atoms with Gasteiger partial charge in [-0.2, -0.15) is 5.10 Å². The summed E-state index contributed by atoms with van der Waals surface area (Å²) in [5.41, 5.74) is 0. The Morgan fingerprint density at radius 1 is 1.56 bits per heavy atom. The molecule has 1 saturated heterocycles. The SMILES string of the molecule is Cc1cnc(C(=O)N2CCC(n3cccn3)C2)o1. The van der Waals surface area contributed by atoms with Crippen LogP contribution < -0.4 is 0 Å². The average Bonchev–Trinajstić information content (AvgIpc) is 3.09. The number of nitrogens with zero attached hydrogens (tertiary/aromatic N) is 4. The molecule has 0 radical (unpaired) electrons. The van der Waals surface area contributed by atoms with E-state index >= 15 is 0 Å². The maximum absolute atomic E-state index is 12.1. The van der Waals surface area contributed by atoms with Gasteiger partial charge in [-0.05, 0) is 19.4 Å². The molecule has 94 valence electrons. The highest BCUT2D eigenvalue weighted by molar-refractivity contribution is 5.89. The first-order chi connectivity index (χ1) is 8.74. The minimum Gasteiger partial charge on any atom is -0.438 e. The van der Waals surface area contributed by atoms with Crippen molar-refractivity contribution in [1.82, 2.24) is 19.7 Å². The topological polar surface area (TPSA) is 64.2 Å². The second-order valence-corrected chi connectivity index (χ2v) is 4.46. The van der Waals surface area contributed by atoms with E-state index in [9.17, 15) is 4.79 Å². The Balaban J connectivity index is 1.70. The molecule has 0 saturated carbocycles. The standard InChI is InChI=1S/C12H14N4O2/c1-9-7-13-11(18-9)12(17)15-6-3-10(8-15)16-5-2-4-14-16/h2,4-5,7,10H,3,6,8H2,1H3. The molecule has 1 fully saturated rings. The summed E-state index contributed by atoms with van der Waals surface area (Å²) in [6.07, 6.45) is 6.15. The molecule has 1 unspecified atom stereocenters. The number of oxazole rings is 1. The molecule has 1 aliphatic heterocycles. The van der Waals surface area contributed by atoms with Gasteiger partial charge in [-0.25, -0.2) is 4.98 Å². The number of amides is 1. The molecule has 0 bridgehead atoms. The fourth-order valence-corrected chi connectivity index (χ4v) is 2.23. The van der Waals surface area contributed by atoms with E-state index in [1.807, 2.05) is 16.9 Å². The molecule has 1 atom stereocenters. The predicted molar refractivity (Wildman–Crippen MR) is 63.0 cm³/mol. The number of rotatable bonds is 2. The lowest BCUT2D eigenvalue weighted by molar-refractivity contribution is 0.0746. The highest BCUT2D eigenvalue weighted by atomic mass is 16.4. The van der Waals surface area contributed by atoms with Crippen LogP contribution in [0.4, 0.5) is 0 Å². The first-order valence-electron chi connectivity index (χ1n) is 5.95. The quantitative estimate of drug-likeness (QED) is 0.800. The summed E-state index contributed by atoms with van der Waals surface area (Å²) < 4.78 is 7.16. The summed E-state index contributed by atoms with van der Waals surface area (Å²) in [4.78, 5) is 17.8. The molecule has 2 aromatic heterocycles. The van der Waals surface area contributed by atoms with Crippen molar-refractivity contribution in [1.29, 1.82) is 0 Å². The first-order valence-corrected chi connectivity index (χ1v) is 5.95. The molecule has 3 rings (SSSR count). The van der Waals surface area contributed by atoms with Crippen molar-refractivity contribution in [2.45, 2.75) is 19.4 Å². The van der Waals surface area contributed by atoms with Crippen molar-refractivity contribution in [3.8, 4) is 0 Å². The Bertz CT molecular complexity index is 546. The number of aryl methyl sites for hydroxylation is 1. The second kappa shape index (κ2) is 4.29. The van der Waals surface area contributed by atoms with E-state index in [2.05, 4.69) is 10.1 Å². The van der Waals surface area contributed by atoms with E-state index in [1.54, 1.807) is 24.2 Å². The Morgan fingerprint density at radius 2 is 2.44 bits per heavy atom. The van der Waals surface area contributed by atoms with Crippen LogP contribution in [0.15, 0.2) is 29.1 Å². The lowest BCUT2D eigenvalue weighted by atomic mass is 10.3. The van der Waals surface area contributed by atoms with Crippen molar-refractivity contribution in [3.63, 3.8) is 0 Å². The van der Waals surface area contributed by atoms with Gasteiger partial charge < -0.3 is 9.32 Å². The zero-order valence-electron chi connectivity index (χ0n) is 10.1. The summed E-state index contributed by atoms with van der Waals surface area (Å²) in [6, 6.07) is 2.14. The Labute approximate surface area is 104 Å². The summed E-state index contributed by atoms with van der Waals surface area (Å²) in [7, 11) is 0. The first kappa shape index (κ1) is 11.0. The fourth-order valence-electron chi connectivity index (χ4n) is 2.23. The number of likely N-dealkylation sites (tertiary alicyclic amines) is 1. The van der Waals surface area contributed by atoms with Gasteiger partial charge in [-0.1, -0.05) is 0 Å². The van der Waals surface area contributed by atoms with Gasteiger partial charge in [0, 0.05) is 25.5 Å². The molecule has 0 aromatic carbocycles. The van der Waals surface area contributed by atoms with Crippen molar-refractivity contribution in [2.75, 3.05) is 13.1 Å². The molecule has 6 heteroatoms.